The first-order valence-electron chi connectivity index (χ1n) is 3.44. The van der Waals surface area contributed by atoms with Gasteiger partial charge in [0.05, 0.1) is 0 Å². The molecule has 0 saturated heterocycles. The Hall–Kier alpha value is -0.152. The van der Waals surface area contributed by atoms with Crippen molar-refractivity contribution >= 4 is 35.8 Å². The second-order valence-electron chi connectivity index (χ2n) is 2.45. The van der Waals surface area contributed by atoms with Gasteiger partial charge in [-0.15, -0.1) is 0 Å². The fourth-order valence-electron chi connectivity index (χ4n) is 0.917. The standard InChI is InChI=1S/C6H4AsNO6S.Na.H2O/c9-7-4-1-2-6(15(12,13)14)5(3-4)8(10)11;;/h1-3H,(H,12,13,14);;1H2/q;+1;/p-1. The van der Waals surface area contributed by atoms with E-state index in [-0.39, 0.29) is 39.4 Å². The molecule has 0 saturated carbocycles. The van der Waals surface area contributed by atoms with Crippen molar-refractivity contribution in [3.8, 4) is 0 Å². The molecule has 1 aromatic rings. The van der Waals surface area contributed by atoms with Crippen LogP contribution in [0.4, 0.5) is 5.69 Å². The maximum Gasteiger partial charge on any atom is 1.00 e. The Morgan fingerprint density at radius 2 is 1.82 bits per heavy atom. The number of hydrogen-bond donors (Lipinski definition) is 0. The van der Waals surface area contributed by atoms with Crippen molar-refractivity contribution in [3.63, 3.8) is 0 Å². The second kappa shape index (κ2) is 7.32. The molecular formula is C6H5AsNNaO7S. The molecule has 0 fully saturated rings. The molecule has 1 rings (SSSR count). The van der Waals surface area contributed by atoms with Crippen molar-refractivity contribution < 1.29 is 56.7 Å². The van der Waals surface area contributed by atoms with Crippen LogP contribution in [0.3, 0.4) is 0 Å². The zero-order valence-electron chi connectivity index (χ0n) is 8.48. The molecule has 0 spiro atoms. The first-order valence-corrected chi connectivity index (χ1v) is 6.55. The van der Waals surface area contributed by atoms with Gasteiger partial charge in [0, 0.05) is 0 Å². The van der Waals surface area contributed by atoms with Crippen molar-refractivity contribution in [1.82, 2.24) is 0 Å². The van der Waals surface area contributed by atoms with Crippen molar-refractivity contribution in [3.05, 3.63) is 28.3 Å². The van der Waals surface area contributed by atoms with E-state index in [1.54, 1.807) is 0 Å². The molecule has 0 radical (unpaired) electrons. The van der Waals surface area contributed by atoms with Crippen LogP contribution in [0.5, 0.6) is 0 Å². The minimum atomic E-state index is -4.89. The van der Waals surface area contributed by atoms with Gasteiger partial charge in [0.2, 0.25) is 0 Å². The van der Waals surface area contributed by atoms with Gasteiger partial charge in [-0.1, -0.05) is 0 Å². The van der Waals surface area contributed by atoms with E-state index in [0.717, 1.165) is 18.2 Å². The predicted molar refractivity (Wildman–Crippen MR) is 50.7 cm³/mol. The zero-order chi connectivity index (χ0) is 11.6. The third kappa shape index (κ3) is 4.92. The Morgan fingerprint density at radius 1 is 1.29 bits per heavy atom. The molecule has 0 bridgehead atoms. The Morgan fingerprint density at radius 3 is 2.18 bits per heavy atom. The van der Waals surface area contributed by atoms with Gasteiger partial charge < -0.3 is 5.48 Å². The second-order valence-corrected chi connectivity index (χ2v) is 5.27. The number of nitro benzene ring substituents is 1. The Bertz CT molecular complexity index is 531. The van der Waals surface area contributed by atoms with Gasteiger partial charge in [0.15, 0.2) is 0 Å². The van der Waals surface area contributed by atoms with Crippen molar-refractivity contribution in [2.45, 2.75) is 4.90 Å². The molecular weight excluding hydrogens is 328 g/mol. The molecule has 1 aromatic carbocycles. The van der Waals surface area contributed by atoms with E-state index in [0.29, 0.717) is 0 Å². The first kappa shape index (κ1) is 19.2. The van der Waals surface area contributed by atoms with Crippen LogP contribution in [0.25, 0.3) is 0 Å². The fourth-order valence-corrected chi connectivity index (χ4v) is 2.19. The third-order valence-electron chi connectivity index (χ3n) is 1.51. The van der Waals surface area contributed by atoms with Gasteiger partial charge in [0.1, 0.15) is 0 Å². The van der Waals surface area contributed by atoms with E-state index in [4.69, 9.17) is 0 Å². The number of benzene rings is 1. The van der Waals surface area contributed by atoms with Gasteiger partial charge in [-0.05, 0) is 0 Å². The van der Waals surface area contributed by atoms with Gasteiger partial charge in [0.25, 0.3) is 0 Å². The maximum atomic E-state index is 10.6. The summed E-state index contributed by atoms with van der Waals surface area (Å²) in [4.78, 5) is 8.54. The fraction of sp³-hybridized carbons (Fsp3) is 0. The summed E-state index contributed by atoms with van der Waals surface area (Å²) < 4.78 is 42.5. The average Bonchev–Trinajstić information content (AvgIpc) is 2.15. The van der Waals surface area contributed by atoms with Crippen LogP contribution in [0.2, 0.25) is 0 Å². The number of nitrogens with zero attached hydrogens (tertiary/aromatic N) is 1. The van der Waals surface area contributed by atoms with Crippen molar-refractivity contribution in [1.29, 1.82) is 0 Å². The molecule has 0 aromatic heterocycles. The zero-order valence-corrected chi connectivity index (χ0v) is 13.2. The van der Waals surface area contributed by atoms with Gasteiger partial charge in [-0.2, -0.15) is 0 Å². The van der Waals surface area contributed by atoms with Crippen molar-refractivity contribution in [2.75, 3.05) is 0 Å². The first-order chi connectivity index (χ1) is 6.86. The van der Waals surface area contributed by atoms with E-state index in [2.05, 4.69) is 0 Å². The Balaban J connectivity index is 0. The van der Waals surface area contributed by atoms with Crippen molar-refractivity contribution in [2.24, 2.45) is 0 Å². The SMILES string of the molecule is O.O=[As]c1ccc(S(=O)(=O)[O-])c([N+](=O)[O-])c1.[Na+]. The smallest absolute Gasteiger partial charge is 1.00 e. The summed E-state index contributed by atoms with van der Waals surface area (Å²) in [7, 11) is -4.89. The van der Waals surface area contributed by atoms with E-state index >= 15 is 0 Å². The predicted octanol–water partition coefficient (Wildman–Crippen LogP) is -4.65. The van der Waals surface area contributed by atoms with E-state index in [1.807, 2.05) is 0 Å². The number of hydrogen-bond acceptors (Lipinski definition) is 6. The van der Waals surface area contributed by atoms with E-state index in [9.17, 15) is 26.8 Å². The molecule has 0 amide bonds. The maximum absolute atomic E-state index is 10.6. The normalized spacial score (nSPS) is 10.2. The molecule has 8 nitrogen and oxygen atoms in total. The average molecular weight is 333 g/mol. The van der Waals surface area contributed by atoms with Crippen LogP contribution in [0, 0.1) is 10.1 Å². The largest absolute Gasteiger partial charge is 1.00 e. The summed E-state index contributed by atoms with van der Waals surface area (Å²) in [5.74, 6) is 0. The molecule has 0 aliphatic heterocycles. The molecule has 0 unspecified atom stereocenters. The summed E-state index contributed by atoms with van der Waals surface area (Å²) >= 11 is -1.50. The summed E-state index contributed by atoms with van der Waals surface area (Å²) in [6.45, 7) is 0. The van der Waals surface area contributed by atoms with Crippen LogP contribution in [0.15, 0.2) is 23.1 Å². The van der Waals surface area contributed by atoms with Gasteiger partial charge in [-0.3, -0.25) is 0 Å². The Labute approximate surface area is 125 Å². The third-order valence-corrected chi connectivity index (χ3v) is 3.42. The number of nitro groups is 1. The van der Waals surface area contributed by atoms with Crippen LogP contribution < -0.4 is 33.9 Å². The van der Waals surface area contributed by atoms with E-state index in [1.165, 1.54) is 0 Å². The van der Waals surface area contributed by atoms with Crippen LogP contribution in [-0.2, 0) is 13.9 Å². The van der Waals surface area contributed by atoms with Gasteiger partial charge >= 0.3 is 120 Å². The minimum absolute atomic E-state index is 0. The summed E-state index contributed by atoms with van der Waals surface area (Å²) in [5, 5.41) is 10.4. The molecule has 0 aliphatic carbocycles. The molecule has 2 N–H and O–H groups in total. The van der Waals surface area contributed by atoms with Crippen LogP contribution >= 0.6 is 0 Å². The van der Waals surface area contributed by atoms with Crippen LogP contribution in [0.1, 0.15) is 0 Å². The molecule has 0 aliphatic rings. The monoisotopic (exact) mass is 333 g/mol. The Kier molecular flexibility index (Phi) is 8.26. The molecule has 88 valence electrons. The summed E-state index contributed by atoms with van der Waals surface area (Å²) in [6, 6.07) is 2.74. The minimum Gasteiger partial charge on any atom is 1.00 e. The summed E-state index contributed by atoms with van der Waals surface area (Å²) in [6.07, 6.45) is 0. The number of rotatable bonds is 3. The quantitative estimate of drug-likeness (QED) is 0.235. The molecule has 0 heterocycles. The molecule has 0 atom stereocenters. The topological polar surface area (TPSA) is 149 Å². The van der Waals surface area contributed by atoms with E-state index < -0.39 is 41.3 Å². The molecule has 17 heavy (non-hydrogen) atoms. The molecule has 11 heteroatoms. The van der Waals surface area contributed by atoms with Gasteiger partial charge in [-0.25, -0.2) is 0 Å². The van der Waals surface area contributed by atoms with Crippen LogP contribution in [-0.4, -0.2) is 39.1 Å². The summed E-state index contributed by atoms with van der Waals surface area (Å²) in [5.41, 5.74) is -0.839.